The fourth-order valence-electron chi connectivity index (χ4n) is 4.21. The second kappa shape index (κ2) is 8.43. The fourth-order valence-corrected chi connectivity index (χ4v) is 4.21. The number of carbonyl (C=O) groups excluding carboxylic acids is 1. The van der Waals surface area contributed by atoms with E-state index in [1.165, 1.54) is 0 Å². The van der Waals surface area contributed by atoms with Gasteiger partial charge in [0.25, 0.3) is 0 Å². The maximum atomic E-state index is 13.6. The Morgan fingerprint density at radius 3 is 2.69 bits per heavy atom. The summed E-state index contributed by atoms with van der Waals surface area (Å²) < 4.78 is 5.76. The van der Waals surface area contributed by atoms with Gasteiger partial charge in [0.05, 0.1) is 25.4 Å². The maximum Gasteiger partial charge on any atom is 0.330 e. The molecule has 162 valence electrons. The summed E-state index contributed by atoms with van der Waals surface area (Å²) in [5.74, 6) is 1.09. The number of para-hydroxylation sites is 1. The van der Waals surface area contributed by atoms with Crippen LogP contribution in [0.3, 0.4) is 0 Å². The van der Waals surface area contributed by atoms with Crippen molar-refractivity contribution in [2.45, 2.75) is 27.0 Å². The lowest BCUT2D eigenvalue weighted by Gasteiger charge is -2.37. The van der Waals surface area contributed by atoms with Crippen LogP contribution in [-0.2, 0) is 17.9 Å². The lowest BCUT2D eigenvalue weighted by molar-refractivity contribution is 0.148. The van der Waals surface area contributed by atoms with Crippen LogP contribution in [-0.4, -0.2) is 29.2 Å². The van der Waals surface area contributed by atoms with Crippen molar-refractivity contribution in [1.82, 2.24) is 9.97 Å². The molecule has 0 radical (unpaired) electrons. The predicted octanol–water partition coefficient (Wildman–Crippen LogP) is 4.87. The van der Waals surface area contributed by atoms with Gasteiger partial charge in [0.15, 0.2) is 0 Å². The van der Waals surface area contributed by atoms with Crippen LogP contribution in [0.4, 0.5) is 27.9 Å². The second-order valence-corrected chi connectivity index (χ2v) is 8.07. The molecule has 0 spiro atoms. The number of aryl methyl sites for hydroxylation is 2. The lowest BCUT2D eigenvalue weighted by Crippen LogP contribution is -2.48. The van der Waals surface area contributed by atoms with Crippen LogP contribution in [0.15, 0.2) is 60.8 Å². The molecule has 0 fully saturated rings. The van der Waals surface area contributed by atoms with Gasteiger partial charge in [-0.25, -0.2) is 9.78 Å². The van der Waals surface area contributed by atoms with Crippen molar-refractivity contribution in [3.8, 4) is 0 Å². The van der Waals surface area contributed by atoms with Gasteiger partial charge < -0.3 is 10.1 Å². The minimum atomic E-state index is -0.0980. The van der Waals surface area contributed by atoms with Crippen LogP contribution in [0.2, 0.25) is 0 Å². The second-order valence-electron chi connectivity index (χ2n) is 8.07. The SMILES string of the molecule is Cc1cccc(C)c1N1Cc2cnc3nc2N(C/C=C\COCc2cccc(c2)N3)C1=O. The maximum absolute atomic E-state index is 13.6. The summed E-state index contributed by atoms with van der Waals surface area (Å²) in [5.41, 5.74) is 5.92. The molecule has 7 nitrogen and oxygen atoms in total. The fraction of sp³-hybridized carbons (Fsp3) is 0.240. The topological polar surface area (TPSA) is 70.6 Å². The highest BCUT2D eigenvalue weighted by molar-refractivity contribution is 6.06. The highest BCUT2D eigenvalue weighted by atomic mass is 16.5. The van der Waals surface area contributed by atoms with E-state index in [0.29, 0.717) is 38.1 Å². The van der Waals surface area contributed by atoms with E-state index in [4.69, 9.17) is 9.72 Å². The number of ether oxygens (including phenoxy) is 1. The summed E-state index contributed by atoms with van der Waals surface area (Å²) in [6, 6.07) is 14.0. The van der Waals surface area contributed by atoms with Crippen molar-refractivity contribution in [3.05, 3.63) is 83.1 Å². The van der Waals surface area contributed by atoms with Gasteiger partial charge in [0.1, 0.15) is 5.82 Å². The van der Waals surface area contributed by atoms with Gasteiger partial charge >= 0.3 is 6.03 Å². The number of hydrogen-bond acceptors (Lipinski definition) is 5. The van der Waals surface area contributed by atoms with E-state index < -0.39 is 0 Å². The van der Waals surface area contributed by atoms with Crippen LogP contribution in [0, 0.1) is 13.8 Å². The van der Waals surface area contributed by atoms with E-state index in [2.05, 4.69) is 10.3 Å². The first-order valence-electron chi connectivity index (χ1n) is 10.7. The number of nitrogens with zero attached hydrogens (tertiary/aromatic N) is 4. The number of rotatable bonds is 1. The zero-order valence-electron chi connectivity index (χ0n) is 18.2. The molecule has 0 saturated carbocycles. The first-order valence-corrected chi connectivity index (χ1v) is 10.7. The summed E-state index contributed by atoms with van der Waals surface area (Å²) in [6.45, 7) is 5.87. The Hall–Kier alpha value is -3.71. The Morgan fingerprint density at radius 2 is 1.84 bits per heavy atom. The number of hydrogen-bond donors (Lipinski definition) is 1. The van der Waals surface area contributed by atoms with E-state index in [-0.39, 0.29) is 6.03 Å². The Balaban J connectivity index is 1.58. The number of benzene rings is 2. The molecule has 2 aliphatic heterocycles. The molecule has 1 aromatic heterocycles. The number of urea groups is 1. The van der Waals surface area contributed by atoms with E-state index in [9.17, 15) is 4.79 Å². The molecule has 32 heavy (non-hydrogen) atoms. The Morgan fingerprint density at radius 1 is 1.03 bits per heavy atom. The number of amides is 2. The van der Waals surface area contributed by atoms with Crippen molar-refractivity contribution < 1.29 is 9.53 Å². The van der Waals surface area contributed by atoms with Crippen molar-refractivity contribution >= 4 is 29.2 Å². The molecule has 0 saturated heterocycles. The molecular weight excluding hydrogens is 402 g/mol. The summed E-state index contributed by atoms with van der Waals surface area (Å²) >= 11 is 0. The Bertz CT molecular complexity index is 1190. The third-order valence-corrected chi connectivity index (χ3v) is 5.72. The Labute approximate surface area is 187 Å². The van der Waals surface area contributed by atoms with Gasteiger partial charge in [0, 0.05) is 24.0 Å². The van der Waals surface area contributed by atoms with Crippen LogP contribution in [0.25, 0.3) is 0 Å². The van der Waals surface area contributed by atoms with Gasteiger partial charge in [-0.05, 0) is 42.7 Å². The molecule has 0 unspecified atom stereocenters. The van der Waals surface area contributed by atoms with E-state index in [0.717, 1.165) is 33.6 Å². The summed E-state index contributed by atoms with van der Waals surface area (Å²) in [6.07, 6.45) is 5.71. The van der Waals surface area contributed by atoms with Crippen molar-refractivity contribution in [1.29, 1.82) is 0 Å². The highest BCUT2D eigenvalue weighted by Gasteiger charge is 2.33. The third-order valence-electron chi connectivity index (χ3n) is 5.72. The molecule has 5 rings (SSSR count). The monoisotopic (exact) mass is 427 g/mol. The lowest BCUT2D eigenvalue weighted by atomic mass is 10.1. The quantitative estimate of drug-likeness (QED) is 0.561. The van der Waals surface area contributed by atoms with E-state index in [1.54, 1.807) is 4.90 Å². The molecule has 3 heterocycles. The molecule has 3 aromatic rings. The number of carbonyl (C=O) groups is 1. The average molecular weight is 428 g/mol. The zero-order valence-corrected chi connectivity index (χ0v) is 18.2. The van der Waals surface area contributed by atoms with Gasteiger partial charge in [-0.1, -0.05) is 42.5 Å². The summed E-state index contributed by atoms with van der Waals surface area (Å²) in [4.78, 5) is 26.4. The third kappa shape index (κ3) is 3.83. The number of aromatic nitrogens is 2. The van der Waals surface area contributed by atoms with Gasteiger partial charge in [-0.15, -0.1) is 0 Å². The van der Waals surface area contributed by atoms with Crippen molar-refractivity contribution in [2.24, 2.45) is 0 Å². The average Bonchev–Trinajstić information content (AvgIpc) is 2.78. The smallest absolute Gasteiger partial charge is 0.330 e. The minimum Gasteiger partial charge on any atom is -0.373 e. The predicted molar refractivity (Wildman–Crippen MR) is 125 cm³/mol. The molecule has 2 aliphatic rings. The van der Waals surface area contributed by atoms with Crippen LogP contribution in [0.1, 0.15) is 22.3 Å². The van der Waals surface area contributed by atoms with E-state index >= 15 is 0 Å². The van der Waals surface area contributed by atoms with E-state index in [1.807, 2.05) is 79.6 Å². The standard InChI is InChI=1S/C25H25N5O2/c1-17-7-5-8-18(2)22(17)30-15-20-14-26-24-27-21-10-6-9-19(13-21)16-32-12-4-3-11-29(25(30)31)23(20)28-24/h3-10,13-14H,11-12,15-16H2,1-2H3,(H,26,27,28)/b4-3-. The normalized spacial score (nSPS) is 16.9. The van der Waals surface area contributed by atoms with Crippen LogP contribution in [0.5, 0.6) is 0 Å². The summed E-state index contributed by atoms with van der Waals surface area (Å²) in [5, 5.41) is 3.26. The van der Waals surface area contributed by atoms with Crippen molar-refractivity contribution in [3.63, 3.8) is 0 Å². The largest absolute Gasteiger partial charge is 0.373 e. The molecule has 1 N–H and O–H groups in total. The van der Waals surface area contributed by atoms with Crippen LogP contribution < -0.4 is 15.1 Å². The minimum absolute atomic E-state index is 0.0980. The zero-order chi connectivity index (χ0) is 22.1. The Kier molecular flexibility index (Phi) is 5.33. The molecule has 0 aliphatic carbocycles. The number of nitrogens with one attached hydrogen (secondary N) is 1. The highest BCUT2D eigenvalue weighted by Crippen LogP contribution is 2.34. The summed E-state index contributed by atoms with van der Waals surface area (Å²) in [7, 11) is 0. The van der Waals surface area contributed by atoms with Crippen molar-refractivity contribution in [2.75, 3.05) is 28.3 Å². The molecular formula is C25H25N5O2. The molecule has 7 heteroatoms. The van der Waals surface area contributed by atoms with Gasteiger partial charge in [-0.2, -0.15) is 4.98 Å². The number of anilines is 4. The molecule has 2 amide bonds. The first-order chi connectivity index (χ1) is 15.6. The molecule has 2 aromatic carbocycles. The van der Waals surface area contributed by atoms with Crippen LogP contribution >= 0.6 is 0 Å². The number of fused-ring (bicyclic) bond motifs is 3. The van der Waals surface area contributed by atoms with Gasteiger partial charge in [-0.3, -0.25) is 9.80 Å². The first kappa shape index (κ1) is 20.2. The molecule has 0 atom stereocenters. The molecule has 4 bridgehead atoms. The van der Waals surface area contributed by atoms with Gasteiger partial charge in [0.2, 0.25) is 5.95 Å².